The largest absolute Gasteiger partial charge is 0.351 e. The number of amides is 1. The van der Waals surface area contributed by atoms with E-state index < -0.39 is 0 Å². The molecule has 4 heteroatoms. The van der Waals surface area contributed by atoms with E-state index in [0.717, 1.165) is 25.2 Å². The highest BCUT2D eigenvalue weighted by molar-refractivity contribution is 5.93. The second-order valence-electron chi connectivity index (χ2n) is 3.69. The smallest absolute Gasteiger partial charge is 0.252 e. The van der Waals surface area contributed by atoms with E-state index in [-0.39, 0.29) is 5.91 Å². The third-order valence-electron chi connectivity index (χ3n) is 2.19. The van der Waals surface area contributed by atoms with Gasteiger partial charge in [-0.3, -0.25) is 9.78 Å². The van der Waals surface area contributed by atoms with Crippen molar-refractivity contribution in [1.82, 2.24) is 15.6 Å². The van der Waals surface area contributed by atoms with Crippen molar-refractivity contribution in [3.63, 3.8) is 0 Å². The highest BCUT2D eigenvalue weighted by Gasteiger charge is 2.03. The molecule has 4 nitrogen and oxygen atoms in total. The Morgan fingerprint density at radius 1 is 1.31 bits per heavy atom. The number of carbonyl (C=O) groups excluding carboxylic acids is 1. The molecule has 1 aromatic rings. The standard InChI is InChI=1S/C12H19N3O/c1-3-6-13-7-8-14-12(16)11-5-4-10(2)15-9-11/h4-5,9,13H,3,6-8H2,1-2H3,(H,14,16). The Kier molecular flexibility index (Phi) is 5.50. The minimum Gasteiger partial charge on any atom is -0.351 e. The summed E-state index contributed by atoms with van der Waals surface area (Å²) < 4.78 is 0. The van der Waals surface area contributed by atoms with Gasteiger partial charge < -0.3 is 10.6 Å². The van der Waals surface area contributed by atoms with E-state index in [0.29, 0.717) is 12.1 Å². The van der Waals surface area contributed by atoms with Crippen molar-refractivity contribution in [2.24, 2.45) is 0 Å². The van der Waals surface area contributed by atoms with Gasteiger partial charge in [-0.25, -0.2) is 0 Å². The molecule has 0 spiro atoms. The van der Waals surface area contributed by atoms with Gasteiger partial charge in [-0.05, 0) is 32.0 Å². The fraction of sp³-hybridized carbons (Fsp3) is 0.500. The molecule has 0 bridgehead atoms. The molecule has 2 N–H and O–H groups in total. The van der Waals surface area contributed by atoms with Crippen LogP contribution in [0.25, 0.3) is 0 Å². The zero-order valence-corrected chi connectivity index (χ0v) is 9.92. The average molecular weight is 221 g/mol. The summed E-state index contributed by atoms with van der Waals surface area (Å²) in [6.07, 6.45) is 2.71. The van der Waals surface area contributed by atoms with Gasteiger partial charge in [0.25, 0.3) is 5.91 Å². The molecule has 1 heterocycles. The van der Waals surface area contributed by atoms with Gasteiger partial charge in [-0.2, -0.15) is 0 Å². The van der Waals surface area contributed by atoms with Gasteiger partial charge in [-0.1, -0.05) is 6.92 Å². The van der Waals surface area contributed by atoms with Gasteiger partial charge in [0, 0.05) is 25.0 Å². The summed E-state index contributed by atoms with van der Waals surface area (Å²) in [6, 6.07) is 3.63. The summed E-state index contributed by atoms with van der Waals surface area (Å²) in [6.45, 7) is 6.45. The van der Waals surface area contributed by atoms with Crippen LogP contribution in [-0.4, -0.2) is 30.5 Å². The molecule has 0 aliphatic carbocycles. The number of rotatable bonds is 6. The van der Waals surface area contributed by atoms with Gasteiger partial charge in [0.05, 0.1) is 5.56 Å². The van der Waals surface area contributed by atoms with E-state index >= 15 is 0 Å². The van der Waals surface area contributed by atoms with Crippen molar-refractivity contribution in [2.75, 3.05) is 19.6 Å². The van der Waals surface area contributed by atoms with Crippen LogP contribution in [0.15, 0.2) is 18.3 Å². The monoisotopic (exact) mass is 221 g/mol. The molecule has 0 aliphatic heterocycles. The summed E-state index contributed by atoms with van der Waals surface area (Å²) >= 11 is 0. The molecule has 0 unspecified atom stereocenters. The summed E-state index contributed by atoms with van der Waals surface area (Å²) in [4.78, 5) is 15.7. The normalized spacial score (nSPS) is 10.1. The van der Waals surface area contributed by atoms with E-state index in [1.807, 2.05) is 13.0 Å². The number of nitrogens with one attached hydrogen (secondary N) is 2. The SMILES string of the molecule is CCCNCCNC(=O)c1ccc(C)nc1. The highest BCUT2D eigenvalue weighted by atomic mass is 16.1. The predicted octanol–water partition coefficient (Wildman–Crippen LogP) is 1.12. The van der Waals surface area contributed by atoms with Gasteiger partial charge in [0.15, 0.2) is 0 Å². The number of nitrogens with zero attached hydrogens (tertiary/aromatic N) is 1. The summed E-state index contributed by atoms with van der Waals surface area (Å²) in [5.74, 6) is -0.0641. The third kappa shape index (κ3) is 4.40. The zero-order valence-electron chi connectivity index (χ0n) is 9.92. The van der Waals surface area contributed by atoms with E-state index in [1.165, 1.54) is 0 Å². The van der Waals surface area contributed by atoms with E-state index in [2.05, 4.69) is 22.5 Å². The Morgan fingerprint density at radius 2 is 2.12 bits per heavy atom. The molecule has 1 aromatic heterocycles. The molecule has 1 amide bonds. The molecular formula is C12H19N3O. The van der Waals surface area contributed by atoms with Crippen molar-refractivity contribution in [3.8, 4) is 0 Å². The van der Waals surface area contributed by atoms with Gasteiger partial charge in [0.1, 0.15) is 0 Å². The maximum atomic E-state index is 11.6. The van der Waals surface area contributed by atoms with Crippen molar-refractivity contribution in [1.29, 1.82) is 0 Å². The summed E-state index contributed by atoms with van der Waals surface area (Å²) in [5, 5.41) is 6.06. The van der Waals surface area contributed by atoms with Crippen LogP contribution in [-0.2, 0) is 0 Å². The maximum absolute atomic E-state index is 11.6. The molecule has 0 saturated heterocycles. The molecule has 0 atom stereocenters. The van der Waals surface area contributed by atoms with E-state index in [9.17, 15) is 4.79 Å². The lowest BCUT2D eigenvalue weighted by Gasteiger charge is -2.05. The lowest BCUT2D eigenvalue weighted by molar-refractivity contribution is 0.0953. The molecule has 0 aromatic carbocycles. The van der Waals surface area contributed by atoms with Crippen molar-refractivity contribution in [3.05, 3.63) is 29.6 Å². The van der Waals surface area contributed by atoms with Crippen LogP contribution in [0.1, 0.15) is 29.4 Å². The zero-order chi connectivity index (χ0) is 11.8. The first-order valence-electron chi connectivity index (χ1n) is 5.65. The second kappa shape index (κ2) is 6.95. The Labute approximate surface area is 96.5 Å². The second-order valence-corrected chi connectivity index (χ2v) is 3.69. The van der Waals surface area contributed by atoms with Crippen LogP contribution in [0.4, 0.5) is 0 Å². The van der Waals surface area contributed by atoms with E-state index in [4.69, 9.17) is 0 Å². The Bertz CT molecular complexity index is 322. The van der Waals surface area contributed by atoms with Crippen LogP contribution >= 0.6 is 0 Å². The van der Waals surface area contributed by atoms with Crippen LogP contribution in [0.2, 0.25) is 0 Å². The minimum atomic E-state index is -0.0641. The Balaban J connectivity index is 2.27. The molecular weight excluding hydrogens is 202 g/mol. The maximum Gasteiger partial charge on any atom is 0.252 e. The predicted molar refractivity (Wildman–Crippen MR) is 64.5 cm³/mol. The summed E-state index contributed by atoms with van der Waals surface area (Å²) in [5.41, 5.74) is 1.53. The summed E-state index contributed by atoms with van der Waals surface area (Å²) in [7, 11) is 0. The van der Waals surface area contributed by atoms with Crippen molar-refractivity contribution in [2.45, 2.75) is 20.3 Å². The number of hydrogen-bond acceptors (Lipinski definition) is 3. The van der Waals surface area contributed by atoms with Crippen LogP contribution < -0.4 is 10.6 Å². The first kappa shape index (κ1) is 12.6. The molecule has 1 rings (SSSR count). The minimum absolute atomic E-state index is 0.0641. The van der Waals surface area contributed by atoms with Crippen molar-refractivity contribution >= 4 is 5.91 Å². The van der Waals surface area contributed by atoms with Gasteiger partial charge >= 0.3 is 0 Å². The molecule has 0 radical (unpaired) electrons. The highest BCUT2D eigenvalue weighted by Crippen LogP contribution is 1.98. The number of aryl methyl sites for hydroxylation is 1. The lowest BCUT2D eigenvalue weighted by Crippen LogP contribution is -2.32. The number of pyridine rings is 1. The number of carbonyl (C=O) groups is 1. The number of hydrogen-bond donors (Lipinski definition) is 2. The lowest BCUT2D eigenvalue weighted by atomic mass is 10.2. The van der Waals surface area contributed by atoms with Crippen LogP contribution in [0.5, 0.6) is 0 Å². The van der Waals surface area contributed by atoms with E-state index in [1.54, 1.807) is 12.3 Å². The van der Waals surface area contributed by atoms with Gasteiger partial charge in [0.2, 0.25) is 0 Å². The quantitative estimate of drug-likeness (QED) is 0.708. The van der Waals surface area contributed by atoms with Crippen LogP contribution in [0.3, 0.4) is 0 Å². The molecule has 0 aliphatic rings. The fourth-order valence-corrected chi connectivity index (χ4v) is 1.27. The van der Waals surface area contributed by atoms with Gasteiger partial charge in [-0.15, -0.1) is 0 Å². The Morgan fingerprint density at radius 3 is 2.75 bits per heavy atom. The molecule has 0 saturated carbocycles. The first-order chi connectivity index (χ1) is 7.74. The first-order valence-corrected chi connectivity index (χ1v) is 5.65. The molecule has 0 fully saturated rings. The van der Waals surface area contributed by atoms with Crippen LogP contribution in [0, 0.1) is 6.92 Å². The number of aromatic nitrogens is 1. The Hall–Kier alpha value is -1.42. The average Bonchev–Trinajstić information content (AvgIpc) is 2.29. The van der Waals surface area contributed by atoms with Crippen molar-refractivity contribution < 1.29 is 4.79 Å². The third-order valence-corrected chi connectivity index (χ3v) is 2.19. The fourth-order valence-electron chi connectivity index (χ4n) is 1.27. The molecule has 88 valence electrons. The molecule has 16 heavy (non-hydrogen) atoms. The topological polar surface area (TPSA) is 54.0 Å².